The zero-order valence-corrected chi connectivity index (χ0v) is 16.3. The molecule has 0 saturated carbocycles. The predicted octanol–water partition coefficient (Wildman–Crippen LogP) is 3.89. The molecule has 9 heteroatoms. The fourth-order valence-corrected chi connectivity index (χ4v) is 3.26. The van der Waals surface area contributed by atoms with E-state index in [9.17, 15) is 13.6 Å². The summed E-state index contributed by atoms with van der Waals surface area (Å²) in [5.74, 6) is -0.435. The average Bonchev–Trinajstić information content (AvgIpc) is 3.05. The number of thioether (sulfide) groups is 1. The molecule has 0 bridgehead atoms. The van der Waals surface area contributed by atoms with Crippen molar-refractivity contribution in [3.63, 3.8) is 0 Å². The summed E-state index contributed by atoms with van der Waals surface area (Å²) < 4.78 is 33.9. The molecule has 2 aromatic carbocycles. The number of nitrogens with zero attached hydrogens (tertiary/aromatic N) is 3. The van der Waals surface area contributed by atoms with Gasteiger partial charge in [-0.1, -0.05) is 11.8 Å². The molecular weight excluding hydrogens is 386 g/mol. The first-order valence-corrected chi connectivity index (χ1v) is 9.23. The summed E-state index contributed by atoms with van der Waals surface area (Å²) in [5.41, 5.74) is 0.649. The number of hydrogen-bond acceptors (Lipinski definition) is 5. The van der Waals surface area contributed by atoms with Crippen molar-refractivity contribution in [3.05, 3.63) is 54.1 Å². The third-order valence-corrected chi connectivity index (χ3v) is 5.15. The van der Waals surface area contributed by atoms with Gasteiger partial charge in [0.15, 0.2) is 11.0 Å². The molecule has 0 aliphatic heterocycles. The highest BCUT2D eigenvalue weighted by molar-refractivity contribution is 8.00. The van der Waals surface area contributed by atoms with Crippen LogP contribution in [0.2, 0.25) is 0 Å². The maximum Gasteiger partial charge on any atom is 0.237 e. The van der Waals surface area contributed by atoms with E-state index in [4.69, 9.17) is 4.74 Å². The zero-order valence-electron chi connectivity index (χ0n) is 15.4. The number of benzene rings is 2. The van der Waals surface area contributed by atoms with Crippen LogP contribution in [0.3, 0.4) is 0 Å². The van der Waals surface area contributed by atoms with Crippen molar-refractivity contribution in [2.24, 2.45) is 7.05 Å². The third kappa shape index (κ3) is 4.30. The molecule has 0 fully saturated rings. The second kappa shape index (κ2) is 8.39. The van der Waals surface area contributed by atoms with E-state index in [1.165, 1.54) is 11.8 Å². The molecule has 1 N–H and O–H groups in total. The topological polar surface area (TPSA) is 69.0 Å². The van der Waals surface area contributed by atoms with E-state index in [2.05, 4.69) is 15.5 Å². The van der Waals surface area contributed by atoms with Gasteiger partial charge in [0.1, 0.15) is 17.4 Å². The summed E-state index contributed by atoms with van der Waals surface area (Å²) in [7, 11) is 3.38. The van der Waals surface area contributed by atoms with Gasteiger partial charge in [0, 0.05) is 18.7 Å². The van der Waals surface area contributed by atoms with Gasteiger partial charge in [0.25, 0.3) is 0 Å². The molecule has 3 rings (SSSR count). The van der Waals surface area contributed by atoms with E-state index in [0.29, 0.717) is 11.0 Å². The van der Waals surface area contributed by atoms with Crippen LogP contribution in [0.25, 0.3) is 11.4 Å². The number of amides is 1. The second-order valence-electron chi connectivity index (χ2n) is 5.97. The van der Waals surface area contributed by atoms with E-state index in [1.54, 1.807) is 25.6 Å². The van der Waals surface area contributed by atoms with Gasteiger partial charge in [-0.05, 0) is 43.3 Å². The van der Waals surface area contributed by atoms with Gasteiger partial charge in [-0.2, -0.15) is 0 Å². The Balaban J connectivity index is 1.71. The van der Waals surface area contributed by atoms with Gasteiger partial charge >= 0.3 is 0 Å². The van der Waals surface area contributed by atoms with E-state index in [1.807, 2.05) is 24.3 Å². The monoisotopic (exact) mass is 404 g/mol. The first-order valence-electron chi connectivity index (χ1n) is 8.35. The molecule has 1 amide bonds. The molecule has 0 saturated heterocycles. The van der Waals surface area contributed by atoms with Crippen LogP contribution < -0.4 is 10.1 Å². The highest BCUT2D eigenvalue weighted by Crippen LogP contribution is 2.27. The van der Waals surface area contributed by atoms with Crippen LogP contribution in [0.1, 0.15) is 6.92 Å². The minimum Gasteiger partial charge on any atom is -0.497 e. The minimum absolute atomic E-state index is 0.200. The largest absolute Gasteiger partial charge is 0.497 e. The number of ether oxygens (including phenoxy) is 1. The fraction of sp³-hybridized carbons (Fsp3) is 0.211. The molecule has 0 spiro atoms. The lowest BCUT2D eigenvalue weighted by Gasteiger charge is -2.12. The number of aromatic nitrogens is 3. The summed E-state index contributed by atoms with van der Waals surface area (Å²) >= 11 is 1.17. The SMILES string of the molecule is COc1ccc(-c2nnc(S[C@@H](C)C(=O)Nc3cc(F)ccc3F)n2C)cc1. The molecule has 3 aromatic rings. The van der Waals surface area contributed by atoms with Gasteiger partial charge in [-0.3, -0.25) is 4.79 Å². The van der Waals surface area contributed by atoms with Gasteiger partial charge in [-0.15, -0.1) is 10.2 Å². The van der Waals surface area contributed by atoms with Crippen molar-refractivity contribution in [2.45, 2.75) is 17.3 Å². The smallest absolute Gasteiger partial charge is 0.237 e. The molecule has 1 atom stereocenters. The summed E-state index contributed by atoms with van der Waals surface area (Å²) in [6, 6.07) is 10.3. The quantitative estimate of drug-likeness (QED) is 0.632. The van der Waals surface area contributed by atoms with Crippen LogP contribution in [0, 0.1) is 11.6 Å². The molecule has 28 heavy (non-hydrogen) atoms. The van der Waals surface area contributed by atoms with Crippen LogP contribution in [0.5, 0.6) is 5.75 Å². The Hall–Kier alpha value is -2.94. The second-order valence-corrected chi connectivity index (χ2v) is 7.28. The molecule has 0 aliphatic carbocycles. The van der Waals surface area contributed by atoms with Crippen LogP contribution in [0.15, 0.2) is 47.6 Å². The zero-order chi connectivity index (χ0) is 20.3. The molecule has 146 valence electrons. The summed E-state index contributed by atoms with van der Waals surface area (Å²) in [4.78, 5) is 12.3. The lowest BCUT2D eigenvalue weighted by Crippen LogP contribution is -2.23. The number of nitrogens with one attached hydrogen (secondary N) is 1. The Labute approximate surface area is 164 Å². The number of rotatable bonds is 6. The number of anilines is 1. The van der Waals surface area contributed by atoms with E-state index in [0.717, 1.165) is 29.5 Å². The number of hydrogen-bond donors (Lipinski definition) is 1. The average molecular weight is 404 g/mol. The van der Waals surface area contributed by atoms with Crippen molar-refractivity contribution in [1.82, 2.24) is 14.8 Å². The van der Waals surface area contributed by atoms with Gasteiger partial charge < -0.3 is 14.6 Å². The van der Waals surface area contributed by atoms with Crippen LogP contribution in [-0.4, -0.2) is 33.0 Å². The molecule has 0 aliphatic rings. The lowest BCUT2D eigenvalue weighted by atomic mass is 10.2. The Kier molecular flexibility index (Phi) is 5.93. The van der Waals surface area contributed by atoms with Gasteiger partial charge in [-0.25, -0.2) is 8.78 Å². The molecule has 0 unspecified atom stereocenters. The standard InChI is InChI=1S/C19H18F2N4O2S/c1-11(18(26)22-16-10-13(20)6-9-15(16)21)28-19-24-23-17(25(19)2)12-4-7-14(27-3)8-5-12/h4-11H,1-3H3,(H,22,26)/t11-/m0/s1. The molecule has 1 heterocycles. The summed E-state index contributed by atoms with van der Waals surface area (Å²) in [5, 5.41) is 10.6. The van der Waals surface area contributed by atoms with Crippen molar-refractivity contribution >= 4 is 23.4 Å². The molecule has 6 nitrogen and oxygen atoms in total. The van der Waals surface area contributed by atoms with Crippen molar-refractivity contribution < 1.29 is 18.3 Å². The number of methoxy groups -OCH3 is 1. The molecular formula is C19H18F2N4O2S. The van der Waals surface area contributed by atoms with Gasteiger partial charge in [0.05, 0.1) is 18.0 Å². The Morgan fingerprint density at radius 1 is 1.18 bits per heavy atom. The molecule has 0 radical (unpaired) electrons. The van der Waals surface area contributed by atoms with Crippen LogP contribution in [-0.2, 0) is 11.8 Å². The summed E-state index contributed by atoms with van der Waals surface area (Å²) in [6.45, 7) is 1.65. The van der Waals surface area contributed by atoms with Crippen molar-refractivity contribution in [1.29, 1.82) is 0 Å². The maximum atomic E-state index is 13.7. The normalized spacial score (nSPS) is 11.9. The predicted molar refractivity (Wildman–Crippen MR) is 103 cm³/mol. The fourth-order valence-electron chi connectivity index (χ4n) is 2.45. The highest BCUT2D eigenvalue weighted by atomic mass is 32.2. The van der Waals surface area contributed by atoms with Crippen molar-refractivity contribution in [3.8, 4) is 17.1 Å². The van der Waals surface area contributed by atoms with Crippen molar-refractivity contribution in [2.75, 3.05) is 12.4 Å². The Morgan fingerprint density at radius 3 is 2.57 bits per heavy atom. The maximum absolute atomic E-state index is 13.7. The van der Waals surface area contributed by atoms with Crippen LogP contribution in [0.4, 0.5) is 14.5 Å². The first kappa shape index (κ1) is 19.8. The summed E-state index contributed by atoms with van der Waals surface area (Å²) in [6.07, 6.45) is 0. The number of carbonyl (C=O) groups excluding carboxylic acids is 1. The molecule has 1 aromatic heterocycles. The Bertz CT molecular complexity index is 992. The number of halogens is 2. The minimum atomic E-state index is -0.701. The van der Waals surface area contributed by atoms with Gasteiger partial charge in [0.2, 0.25) is 5.91 Å². The first-order chi connectivity index (χ1) is 13.4. The highest BCUT2D eigenvalue weighted by Gasteiger charge is 2.20. The van der Waals surface area contributed by atoms with E-state index >= 15 is 0 Å². The lowest BCUT2D eigenvalue weighted by molar-refractivity contribution is -0.115. The Morgan fingerprint density at radius 2 is 1.89 bits per heavy atom. The van der Waals surface area contributed by atoms with E-state index < -0.39 is 22.8 Å². The van der Waals surface area contributed by atoms with E-state index in [-0.39, 0.29) is 5.69 Å². The third-order valence-electron chi connectivity index (χ3n) is 4.02. The number of carbonyl (C=O) groups is 1. The van der Waals surface area contributed by atoms with Crippen LogP contribution >= 0.6 is 11.8 Å².